The number of benzene rings is 1. The number of amides is 1. The van der Waals surface area contributed by atoms with Gasteiger partial charge in [0.1, 0.15) is 11.4 Å². The molecule has 128 valence electrons. The van der Waals surface area contributed by atoms with Crippen molar-refractivity contribution in [2.75, 3.05) is 13.1 Å². The summed E-state index contributed by atoms with van der Waals surface area (Å²) in [6, 6.07) is 4.47. The molecule has 2 atom stereocenters. The number of carbonyl (C=O) groups is 1. The minimum Gasteiger partial charge on any atom is -0.444 e. The van der Waals surface area contributed by atoms with E-state index in [9.17, 15) is 14.3 Å². The molecule has 4 nitrogen and oxygen atoms in total. The molecule has 0 spiro atoms. The Balaban J connectivity index is 1.95. The van der Waals surface area contributed by atoms with Gasteiger partial charge in [-0.15, -0.1) is 0 Å². The summed E-state index contributed by atoms with van der Waals surface area (Å²) in [6.07, 6.45) is -0.335. The summed E-state index contributed by atoms with van der Waals surface area (Å²) in [5, 5.41) is 10.7. The number of aliphatic hydroxyl groups excluding tert-OH is 1. The van der Waals surface area contributed by atoms with Crippen molar-refractivity contribution in [1.82, 2.24) is 4.90 Å². The van der Waals surface area contributed by atoms with Crippen molar-refractivity contribution < 1.29 is 19.0 Å². The Kier molecular flexibility index (Phi) is 5.53. The topological polar surface area (TPSA) is 49.8 Å². The largest absolute Gasteiger partial charge is 0.444 e. The first-order valence-corrected chi connectivity index (χ1v) is 8.14. The molecule has 0 saturated carbocycles. The fraction of sp³-hybridized carbons (Fsp3) is 0.588. The molecule has 1 saturated heterocycles. The molecule has 2 unspecified atom stereocenters. The lowest BCUT2D eigenvalue weighted by Crippen LogP contribution is -2.36. The molecule has 6 heteroatoms. The lowest BCUT2D eigenvalue weighted by Gasteiger charge is -2.25. The Labute approximate surface area is 141 Å². The van der Waals surface area contributed by atoms with E-state index < -0.39 is 17.5 Å². The molecule has 1 N–H and O–H groups in total. The van der Waals surface area contributed by atoms with E-state index in [1.54, 1.807) is 11.0 Å². The number of rotatable bonds is 3. The quantitative estimate of drug-likeness (QED) is 0.911. The van der Waals surface area contributed by atoms with Crippen LogP contribution in [0.5, 0.6) is 0 Å². The highest BCUT2D eigenvalue weighted by Gasteiger charge is 2.33. The monoisotopic (exact) mass is 343 g/mol. The highest BCUT2D eigenvalue weighted by Crippen LogP contribution is 2.27. The van der Waals surface area contributed by atoms with E-state index in [1.807, 2.05) is 20.8 Å². The summed E-state index contributed by atoms with van der Waals surface area (Å²) in [5.74, 6) is -0.531. The molecule has 0 radical (unpaired) electrons. The molecule has 1 heterocycles. The highest BCUT2D eigenvalue weighted by atomic mass is 35.5. The predicted molar refractivity (Wildman–Crippen MR) is 87.0 cm³/mol. The van der Waals surface area contributed by atoms with Crippen molar-refractivity contribution in [2.24, 2.45) is 5.92 Å². The molecular formula is C17H23ClFNO3. The number of likely N-dealkylation sites (tertiary alicyclic amines) is 1. The van der Waals surface area contributed by atoms with Crippen LogP contribution in [0, 0.1) is 11.7 Å². The van der Waals surface area contributed by atoms with E-state index >= 15 is 0 Å². The molecule has 1 aliphatic rings. The van der Waals surface area contributed by atoms with Gasteiger partial charge in [-0.05, 0) is 39.3 Å². The maximum atomic E-state index is 13.8. The molecule has 1 aromatic carbocycles. The zero-order chi connectivity index (χ0) is 17.2. The first kappa shape index (κ1) is 18.0. The third-order valence-corrected chi connectivity index (χ3v) is 4.25. The zero-order valence-corrected chi connectivity index (χ0v) is 14.4. The first-order valence-electron chi connectivity index (χ1n) is 7.76. The number of halogens is 2. The van der Waals surface area contributed by atoms with Crippen molar-refractivity contribution in [3.8, 4) is 0 Å². The number of hydrogen-bond donors (Lipinski definition) is 1. The second kappa shape index (κ2) is 7.05. The lowest BCUT2D eigenvalue weighted by atomic mass is 9.95. The minimum atomic E-state index is -0.753. The van der Waals surface area contributed by atoms with Crippen molar-refractivity contribution in [3.05, 3.63) is 34.6 Å². The van der Waals surface area contributed by atoms with Crippen LogP contribution in [-0.2, 0) is 11.2 Å². The summed E-state index contributed by atoms with van der Waals surface area (Å²) in [5.41, 5.74) is -0.230. The number of aliphatic hydroxyl groups is 1. The van der Waals surface area contributed by atoms with Gasteiger partial charge in [0.2, 0.25) is 0 Å². The Hall–Kier alpha value is -1.33. The predicted octanol–water partition coefficient (Wildman–Crippen LogP) is 3.64. The van der Waals surface area contributed by atoms with Gasteiger partial charge in [-0.2, -0.15) is 0 Å². The summed E-state index contributed by atoms with van der Waals surface area (Å²) < 4.78 is 19.1. The second-order valence-corrected chi connectivity index (χ2v) is 7.35. The fourth-order valence-electron chi connectivity index (χ4n) is 2.70. The van der Waals surface area contributed by atoms with Gasteiger partial charge < -0.3 is 14.7 Å². The van der Waals surface area contributed by atoms with Crippen LogP contribution >= 0.6 is 11.6 Å². The molecule has 1 fully saturated rings. The Morgan fingerprint density at radius 3 is 2.83 bits per heavy atom. The number of hydrogen-bond acceptors (Lipinski definition) is 3. The lowest BCUT2D eigenvalue weighted by molar-refractivity contribution is 0.0268. The maximum Gasteiger partial charge on any atom is 0.410 e. The molecule has 1 aromatic rings. The van der Waals surface area contributed by atoms with Crippen LogP contribution in [-0.4, -0.2) is 40.9 Å². The van der Waals surface area contributed by atoms with E-state index in [-0.39, 0.29) is 18.4 Å². The van der Waals surface area contributed by atoms with Crippen LogP contribution in [0.1, 0.15) is 32.8 Å². The van der Waals surface area contributed by atoms with Crippen LogP contribution in [0.2, 0.25) is 5.02 Å². The maximum absolute atomic E-state index is 13.8. The number of nitrogens with zero attached hydrogens (tertiary/aromatic N) is 1. The average molecular weight is 344 g/mol. The van der Waals surface area contributed by atoms with Gasteiger partial charge in [0.25, 0.3) is 0 Å². The van der Waals surface area contributed by atoms with Gasteiger partial charge in [0.15, 0.2) is 0 Å². The third-order valence-electron chi connectivity index (χ3n) is 3.90. The standard InChI is InChI=1S/C17H23ClFNO3/c1-17(2,3)23-16(22)20-8-7-11(10-20)15(21)9-12-13(18)5-4-6-14(12)19/h4-6,11,15,21H,7-10H2,1-3H3. The number of ether oxygens (including phenoxy) is 1. The molecule has 0 aromatic heterocycles. The molecule has 1 aliphatic heterocycles. The van der Waals surface area contributed by atoms with Crippen LogP contribution in [0.3, 0.4) is 0 Å². The Bertz CT molecular complexity index is 553. The van der Waals surface area contributed by atoms with Gasteiger partial charge >= 0.3 is 6.09 Å². The minimum absolute atomic E-state index is 0.113. The third kappa shape index (κ3) is 4.82. The van der Waals surface area contributed by atoms with Crippen LogP contribution in [0.25, 0.3) is 0 Å². The average Bonchev–Trinajstić information content (AvgIpc) is 2.91. The summed E-state index contributed by atoms with van der Waals surface area (Å²) >= 11 is 6.00. The molecule has 0 bridgehead atoms. The fourth-order valence-corrected chi connectivity index (χ4v) is 2.94. The van der Waals surface area contributed by atoms with Gasteiger partial charge in [-0.1, -0.05) is 17.7 Å². The number of carbonyl (C=O) groups excluding carboxylic acids is 1. The summed E-state index contributed by atoms with van der Waals surface area (Å²) in [6.45, 7) is 6.37. The van der Waals surface area contributed by atoms with E-state index in [0.29, 0.717) is 30.1 Å². The molecule has 1 amide bonds. The van der Waals surface area contributed by atoms with Gasteiger partial charge in [-0.25, -0.2) is 9.18 Å². The van der Waals surface area contributed by atoms with Gasteiger partial charge in [0, 0.05) is 36.0 Å². The highest BCUT2D eigenvalue weighted by molar-refractivity contribution is 6.31. The Morgan fingerprint density at radius 1 is 1.52 bits per heavy atom. The first-order chi connectivity index (χ1) is 10.7. The zero-order valence-electron chi connectivity index (χ0n) is 13.7. The van der Waals surface area contributed by atoms with Gasteiger partial charge in [-0.3, -0.25) is 0 Å². The van der Waals surface area contributed by atoms with Crippen LogP contribution in [0.4, 0.5) is 9.18 Å². The smallest absolute Gasteiger partial charge is 0.410 e. The van der Waals surface area contributed by atoms with E-state index in [4.69, 9.17) is 16.3 Å². The van der Waals surface area contributed by atoms with E-state index in [0.717, 1.165) is 0 Å². The van der Waals surface area contributed by atoms with Crippen LogP contribution in [0.15, 0.2) is 18.2 Å². The van der Waals surface area contributed by atoms with E-state index in [1.165, 1.54) is 12.1 Å². The molecule has 2 rings (SSSR count). The van der Waals surface area contributed by atoms with Crippen molar-refractivity contribution >= 4 is 17.7 Å². The van der Waals surface area contributed by atoms with Crippen LogP contribution < -0.4 is 0 Å². The normalized spacial score (nSPS) is 19.7. The summed E-state index contributed by atoms with van der Waals surface area (Å²) in [4.78, 5) is 13.6. The SMILES string of the molecule is CC(C)(C)OC(=O)N1CCC(C(O)Cc2c(F)cccc2Cl)C1. The van der Waals surface area contributed by atoms with Crippen molar-refractivity contribution in [2.45, 2.75) is 45.3 Å². The van der Waals surface area contributed by atoms with Crippen molar-refractivity contribution in [3.63, 3.8) is 0 Å². The second-order valence-electron chi connectivity index (χ2n) is 6.95. The summed E-state index contributed by atoms with van der Waals surface area (Å²) in [7, 11) is 0. The Morgan fingerprint density at radius 2 is 2.22 bits per heavy atom. The molecule has 0 aliphatic carbocycles. The van der Waals surface area contributed by atoms with Crippen molar-refractivity contribution in [1.29, 1.82) is 0 Å². The van der Waals surface area contributed by atoms with Gasteiger partial charge in [0.05, 0.1) is 6.10 Å². The molecule has 23 heavy (non-hydrogen) atoms. The van der Waals surface area contributed by atoms with E-state index in [2.05, 4.69) is 0 Å². The molecular weight excluding hydrogens is 321 g/mol.